The molecule has 1 N–H and O–H groups in total. The zero-order chi connectivity index (χ0) is 15.5. The molecule has 21 heavy (non-hydrogen) atoms. The molecule has 1 aromatic carbocycles. The van der Waals surface area contributed by atoms with Gasteiger partial charge in [0.2, 0.25) is 0 Å². The van der Waals surface area contributed by atoms with E-state index in [4.69, 9.17) is 4.74 Å². The third-order valence-corrected chi connectivity index (χ3v) is 5.30. The van der Waals surface area contributed by atoms with Crippen molar-refractivity contribution < 1.29 is 9.84 Å². The number of aliphatic hydroxyl groups excluding tert-OH is 1. The molecule has 114 valence electrons. The van der Waals surface area contributed by atoms with Gasteiger partial charge in [0.05, 0.1) is 18.6 Å². The molecule has 0 bridgehead atoms. The van der Waals surface area contributed by atoms with Crippen LogP contribution in [0, 0.1) is 22.7 Å². The molecule has 1 aromatic rings. The summed E-state index contributed by atoms with van der Waals surface area (Å²) in [6.45, 7) is 2.19. The minimum Gasteiger partial charge on any atom is -0.496 e. The highest BCUT2D eigenvalue weighted by molar-refractivity contribution is 9.10. The second kappa shape index (κ2) is 6.81. The zero-order valence-corrected chi connectivity index (χ0v) is 14.2. The maximum atomic E-state index is 10.9. The number of nitriles is 1. The highest BCUT2D eigenvalue weighted by Gasteiger charge is 2.43. The number of halogens is 1. The zero-order valence-electron chi connectivity index (χ0n) is 12.6. The Kier molecular flexibility index (Phi) is 5.29. The lowest BCUT2D eigenvalue weighted by molar-refractivity contribution is 0.0227. The third-order valence-electron chi connectivity index (χ3n) is 4.81. The molecule has 4 heteroatoms. The van der Waals surface area contributed by atoms with Crippen LogP contribution in [0.1, 0.15) is 50.7 Å². The topological polar surface area (TPSA) is 53.2 Å². The van der Waals surface area contributed by atoms with Gasteiger partial charge in [-0.05, 0) is 49.8 Å². The standard InChI is InChI=1S/C17H22BrNO2/c1-3-12-6-8-17(11-19,9-7-12)16(20)14-10-13(18)4-5-15(14)21-2/h4-5,10,12,16,20H,3,6-9H2,1-2H3. The molecule has 3 nitrogen and oxygen atoms in total. The first-order valence-corrected chi connectivity index (χ1v) is 8.28. The van der Waals surface area contributed by atoms with Crippen LogP contribution < -0.4 is 4.74 Å². The van der Waals surface area contributed by atoms with E-state index in [1.165, 1.54) is 0 Å². The van der Waals surface area contributed by atoms with E-state index in [1.807, 2.05) is 18.2 Å². The van der Waals surface area contributed by atoms with E-state index in [0.717, 1.165) is 36.6 Å². The lowest BCUT2D eigenvalue weighted by Gasteiger charge is -2.38. The van der Waals surface area contributed by atoms with Gasteiger partial charge in [-0.15, -0.1) is 0 Å². The fourth-order valence-electron chi connectivity index (χ4n) is 3.26. The molecule has 1 aliphatic rings. The second-order valence-electron chi connectivity index (χ2n) is 5.91. The summed E-state index contributed by atoms with van der Waals surface area (Å²) < 4.78 is 6.24. The van der Waals surface area contributed by atoms with Gasteiger partial charge in [0.15, 0.2) is 0 Å². The average Bonchev–Trinajstić information content (AvgIpc) is 2.54. The summed E-state index contributed by atoms with van der Waals surface area (Å²) >= 11 is 3.43. The molecule has 0 saturated heterocycles. The summed E-state index contributed by atoms with van der Waals surface area (Å²) in [7, 11) is 1.59. The van der Waals surface area contributed by atoms with Gasteiger partial charge in [0.1, 0.15) is 11.9 Å². The van der Waals surface area contributed by atoms with E-state index in [1.54, 1.807) is 7.11 Å². The van der Waals surface area contributed by atoms with Gasteiger partial charge in [0.25, 0.3) is 0 Å². The molecular formula is C17H22BrNO2. The van der Waals surface area contributed by atoms with Crippen LogP contribution in [0.15, 0.2) is 22.7 Å². The highest BCUT2D eigenvalue weighted by atomic mass is 79.9. The molecule has 1 saturated carbocycles. The van der Waals surface area contributed by atoms with Crippen molar-refractivity contribution in [3.05, 3.63) is 28.2 Å². The minimum absolute atomic E-state index is 0.637. The number of hydrogen-bond donors (Lipinski definition) is 1. The van der Waals surface area contributed by atoms with E-state index in [-0.39, 0.29) is 0 Å². The molecule has 0 aromatic heterocycles. The van der Waals surface area contributed by atoms with E-state index >= 15 is 0 Å². The molecule has 1 aliphatic carbocycles. The summed E-state index contributed by atoms with van der Waals surface area (Å²) in [5.41, 5.74) is 0.00287. The van der Waals surface area contributed by atoms with Crippen molar-refractivity contribution in [1.82, 2.24) is 0 Å². The monoisotopic (exact) mass is 351 g/mol. The van der Waals surface area contributed by atoms with Gasteiger partial charge in [-0.2, -0.15) is 5.26 Å². The summed E-state index contributed by atoms with van der Waals surface area (Å²) in [5, 5.41) is 20.6. The number of hydrogen-bond acceptors (Lipinski definition) is 3. The first-order valence-electron chi connectivity index (χ1n) is 7.49. The van der Waals surface area contributed by atoms with Crippen LogP contribution in [-0.4, -0.2) is 12.2 Å². The number of methoxy groups -OCH3 is 1. The fraction of sp³-hybridized carbons (Fsp3) is 0.588. The van der Waals surface area contributed by atoms with Gasteiger partial charge in [-0.1, -0.05) is 29.3 Å². The van der Waals surface area contributed by atoms with Crippen molar-refractivity contribution in [3.8, 4) is 11.8 Å². The van der Waals surface area contributed by atoms with Crippen LogP contribution >= 0.6 is 15.9 Å². The molecule has 0 heterocycles. The van der Waals surface area contributed by atoms with Crippen molar-refractivity contribution in [2.75, 3.05) is 7.11 Å². The van der Waals surface area contributed by atoms with E-state index < -0.39 is 11.5 Å². The molecule has 0 amide bonds. The Morgan fingerprint density at radius 3 is 2.67 bits per heavy atom. The Balaban J connectivity index is 2.31. The summed E-state index contributed by atoms with van der Waals surface area (Å²) in [5.74, 6) is 1.32. The molecule has 1 unspecified atom stereocenters. The van der Waals surface area contributed by atoms with E-state index in [0.29, 0.717) is 17.2 Å². The van der Waals surface area contributed by atoms with Gasteiger partial charge in [-0.3, -0.25) is 0 Å². The minimum atomic E-state index is -0.812. The number of ether oxygens (including phenoxy) is 1. The molecule has 0 aliphatic heterocycles. The van der Waals surface area contributed by atoms with Crippen molar-refractivity contribution >= 4 is 15.9 Å². The number of rotatable bonds is 4. The Labute approximate surface area is 135 Å². The lowest BCUT2D eigenvalue weighted by atomic mass is 9.66. The molecule has 0 spiro atoms. The molecule has 1 atom stereocenters. The molecule has 0 radical (unpaired) electrons. The fourth-order valence-corrected chi connectivity index (χ4v) is 3.64. The van der Waals surface area contributed by atoms with E-state index in [9.17, 15) is 10.4 Å². The SMILES string of the molecule is CCC1CCC(C#N)(C(O)c2cc(Br)ccc2OC)CC1. The lowest BCUT2D eigenvalue weighted by Crippen LogP contribution is -2.32. The molecule has 1 fully saturated rings. The van der Waals surface area contributed by atoms with Crippen LogP contribution in [0.5, 0.6) is 5.75 Å². The first-order chi connectivity index (χ1) is 10.1. The normalized spacial score (nSPS) is 26.9. The summed E-state index contributed by atoms with van der Waals surface area (Å²) in [4.78, 5) is 0. The molecule has 2 rings (SSSR count). The van der Waals surface area contributed by atoms with Gasteiger partial charge in [-0.25, -0.2) is 0 Å². The largest absolute Gasteiger partial charge is 0.496 e. The van der Waals surface area contributed by atoms with Gasteiger partial charge >= 0.3 is 0 Å². The van der Waals surface area contributed by atoms with Crippen LogP contribution in [0.2, 0.25) is 0 Å². The summed E-state index contributed by atoms with van der Waals surface area (Å²) in [6, 6.07) is 7.97. The van der Waals surface area contributed by atoms with Crippen molar-refractivity contribution in [3.63, 3.8) is 0 Å². The van der Waals surface area contributed by atoms with Crippen molar-refractivity contribution in [1.29, 1.82) is 5.26 Å². The maximum absolute atomic E-state index is 10.9. The Hall–Kier alpha value is -1.05. The van der Waals surface area contributed by atoms with Crippen LogP contribution in [0.4, 0.5) is 0 Å². The number of benzene rings is 1. The highest BCUT2D eigenvalue weighted by Crippen LogP contribution is 2.49. The van der Waals surface area contributed by atoms with Crippen LogP contribution in [0.25, 0.3) is 0 Å². The first kappa shape index (κ1) is 16.3. The Morgan fingerprint density at radius 2 is 2.14 bits per heavy atom. The Morgan fingerprint density at radius 1 is 1.48 bits per heavy atom. The third kappa shape index (κ3) is 3.25. The predicted octanol–water partition coefficient (Wildman–Crippen LogP) is 4.60. The second-order valence-corrected chi connectivity index (χ2v) is 6.82. The van der Waals surface area contributed by atoms with Crippen molar-refractivity contribution in [2.24, 2.45) is 11.3 Å². The van der Waals surface area contributed by atoms with Crippen molar-refractivity contribution in [2.45, 2.75) is 45.1 Å². The van der Waals surface area contributed by atoms with Crippen LogP contribution in [-0.2, 0) is 0 Å². The quantitative estimate of drug-likeness (QED) is 0.862. The van der Waals surface area contributed by atoms with Gasteiger partial charge < -0.3 is 9.84 Å². The van der Waals surface area contributed by atoms with E-state index in [2.05, 4.69) is 28.9 Å². The Bertz CT molecular complexity index is 530. The smallest absolute Gasteiger partial charge is 0.124 e. The summed E-state index contributed by atoms with van der Waals surface area (Å²) in [6.07, 6.45) is 3.86. The van der Waals surface area contributed by atoms with Gasteiger partial charge in [0, 0.05) is 10.0 Å². The number of nitrogens with zero attached hydrogens (tertiary/aromatic N) is 1. The maximum Gasteiger partial charge on any atom is 0.124 e. The predicted molar refractivity (Wildman–Crippen MR) is 85.9 cm³/mol. The average molecular weight is 352 g/mol. The molecular weight excluding hydrogens is 330 g/mol. The number of aliphatic hydroxyl groups is 1. The van der Waals surface area contributed by atoms with Crippen LogP contribution in [0.3, 0.4) is 0 Å².